The zero-order chi connectivity index (χ0) is 50.5. The van der Waals surface area contributed by atoms with E-state index in [-0.39, 0.29) is 83.5 Å². The van der Waals surface area contributed by atoms with Crippen LogP contribution in [0.4, 0.5) is 10.2 Å². The lowest BCUT2D eigenvalue weighted by Crippen LogP contribution is -2.54. The molecule has 0 spiro atoms. The van der Waals surface area contributed by atoms with Gasteiger partial charge < -0.3 is 43.9 Å². The molecule has 9 rings (SSSR count). The molecular formula is C52H55ClFN7O11. The van der Waals surface area contributed by atoms with Gasteiger partial charge in [-0.05, 0) is 78.1 Å². The minimum absolute atomic E-state index is 0.0138. The van der Waals surface area contributed by atoms with Crippen molar-refractivity contribution in [2.75, 3.05) is 97.0 Å². The maximum atomic E-state index is 17.2. The Bertz CT molecular complexity index is 2910. The summed E-state index contributed by atoms with van der Waals surface area (Å²) in [6.07, 6.45) is 2.92. The Hall–Kier alpha value is -6.61. The molecule has 0 aliphatic carbocycles. The number of piperazine rings is 1. The third kappa shape index (κ3) is 10.8. The van der Waals surface area contributed by atoms with E-state index in [1.807, 2.05) is 29.2 Å². The number of amides is 5. The highest BCUT2D eigenvalue weighted by molar-refractivity contribution is 6.35. The number of benzene rings is 4. The van der Waals surface area contributed by atoms with E-state index in [0.29, 0.717) is 106 Å². The first-order chi connectivity index (χ1) is 34.9. The van der Waals surface area contributed by atoms with Crippen LogP contribution in [0.25, 0.3) is 32.8 Å². The minimum Gasteiger partial charge on any atom is -0.508 e. The van der Waals surface area contributed by atoms with Crippen LogP contribution >= 0.6 is 11.6 Å². The molecule has 3 N–H and O–H groups in total. The first-order valence-corrected chi connectivity index (χ1v) is 24.5. The topological polar surface area (TPSA) is 213 Å². The van der Waals surface area contributed by atoms with E-state index < -0.39 is 41.4 Å². The second kappa shape index (κ2) is 22.4. The van der Waals surface area contributed by atoms with E-state index in [9.17, 15) is 34.2 Å². The number of aromatic hydroxyl groups is 1. The van der Waals surface area contributed by atoms with Crippen LogP contribution in [-0.4, -0.2) is 169 Å². The molecule has 378 valence electrons. The van der Waals surface area contributed by atoms with E-state index in [4.69, 9.17) is 40.5 Å². The van der Waals surface area contributed by atoms with Crippen LogP contribution in [-0.2, 0) is 28.6 Å². The number of phenolic OH excluding ortho intramolecular Hbond substituents is 1. The number of rotatable bonds is 19. The van der Waals surface area contributed by atoms with Crippen molar-refractivity contribution in [3.63, 3.8) is 0 Å². The molecule has 5 aromatic rings. The first-order valence-electron chi connectivity index (χ1n) is 24.1. The minimum atomic E-state index is -1.04. The number of hydrogen-bond acceptors (Lipinski definition) is 15. The van der Waals surface area contributed by atoms with Crippen LogP contribution in [0.15, 0.2) is 73.3 Å². The lowest BCUT2D eigenvalue weighted by molar-refractivity contribution is -0.136. The number of aliphatic hydroxyl groups is 1. The predicted octanol–water partition coefficient (Wildman–Crippen LogP) is 4.85. The second-order valence-electron chi connectivity index (χ2n) is 18.1. The fourth-order valence-corrected chi connectivity index (χ4v) is 10.1. The van der Waals surface area contributed by atoms with Crippen LogP contribution in [0.2, 0.25) is 5.02 Å². The molecule has 0 bridgehead atoms. The highest BCUT2D eigenvalue weighted by atomic mass is 35.5. The third-order valence-electron chi connectivity index (χ3n) is 13.5. The second-order valence-corrected chi connectivity index (χ2v) is 18.5. The smallest absolute Gasteiger partial charge is 0.262 e. The number of ether oxygens (including phenoxy) is 4. The van der Waals surface area contributed by atoms with E-state index in [1.54, 1.807) is 23.1 Å². The van der Waals surface area contributed by atoms with Gasteiger partial charge in [0.1, 0.15) is 41.3 Å². The van der Waals surface area contributed by atoms with Gasteiger partial charge in [-0.1, -0.05) is 42.4 Å². The zero-order valence-corrected chi connectivity index (χ0v) is 40.3. The summed E-state index contributed by atoms with van der Waals surface area (Å²) in [6.45, 7) is 8.63. The maximum absolute atomic E-state index is 17.2. The van der Waals surface area contributed by atoms with Crippen LogP contribution < -0.4 is 15.0 Å². The fourth-order valence-electron chi connectivity index (χ4n) is 9.78. The predicted molar refractivity (Wildman–Crippen MR) is 264 cm³/mol. The highest BCUT2D eigenvalue weighted by Crippen LogP contribution is 2.43. The zero-order valence-electron chi connectivity index (χ0n) is 39.5. The Labute approximate surface area is 419 Å². The third-order valence-corrected chi connectivity index (χ3v) is 13.8. The Morgan fingerprint density at radius 3 is 2.31 bits per heavy atom. The Kier molecular flexibility index (Phi) is 15.7. The molecular weight excluding hydrogens is 953 g/mol. The SMILES string of the molecule is C=CC(=O)N1CCN(c2nc([C@H](CO)CN3CCC(OCCOCCOCCOc4ccc5c(c4)C(=O)N(C4CCC(=O)NC4=O)C5=O)CC3)nc3c(F)c(-c4cc(O)cc5ccccc45)c(Cl)cc23)CC1. The average Bonchev–Trinajstić information content (AvgIpc) is 3.63. The first kappa shape index (κ1) is 50.3. The summed E-state index contributed by atoms with van der Waals surface area (Å²) < 4.78 is 40.4. The van der Waals surface area contributed by atoms with Crippen molar-refractivity contribution >= 4 is 68.6 Å². The quantitative estimate of drug-likeness (QED) is 0.0573. The van der Waals surface area contributed by atoms with Crippen molar-refractivity contribution in [1.29, 1.82) is 0 Å². The Morgan fingerprint density at radius 1 is 0.847 bits per heavy atom. The van der Waals surface area contributed by atoms with Crippen molar-refractivity contribution in [3.8, 4) is 22.6 Å². The van der Waals surface area contributed by atoms with Gasteiger partial charge in [-0.3, -0.25) is 34.2 Å². The van der Waals surface area contributed by atoms with Crippen molar-refractivity contribution in [2.24, 2.45) is 0 Å². The Balaban J connectivity index is 0.746. The average molecular weight is 1010 g/mol. The van der Waals surface area contributed by atoms with Crippen molar-refractivity contribution < 1.29 is 57.5 Å². The molecule has 1 unspecified atom stereocenters. The van der Waals surface area contributed by atoms with E-state index in [1.165, 1.54) is 24.3 Å². The number of imide groups is 2. The van der Waals surface area contributed by atoms with Gasteiger partial charge in [0.15, 0.2) is 5.82 Å². The molecule has 4 aliphatic heterocycles. The van der Waals surface area contributed by atoms with Gasteiger partial charge in [0.25, 0.3) is 11.8 Å². The van der Waals surface area contributed by atoms with Gasteiger partial charge in [0.05, 0.1) is 67.8 Å². The van der Waals surface area contributed by atoms with Gasteiger partial charge in [0, 0.05) is 63.2 Å². The van der Waals surface area contributed by atoms with Gasteiger partial charge in [-0.25, -0.2) is 14.4 Å². The summed E-state index contributed by atoms with van der Waals surface area (Å²) in [6, 6.07) is 15.6. The molecule has 0 saturated carbocycles. The summed E-state index contributed by atoms with van der Waals surface area (Å²) in [4.78, 5) is 79.0. The van der Waals surface area contributed by atoms with E-state index >= 15 is 4.39 Å². The number of nitrogens with zero attached hydrogens (tertiary/aromatic N) is 6. The van der Waals surface area contributed by atoms with Crippen LogP contribution in [0.1, 0.15) is 58.1 Å². The molecule has 72 heavy (non-hydrogen) atoms. The van der Waals surface area contributed by atoms with Gasteiger partial charge in [-0.15, -0.1) is 0 Å². The maximum Gasteiger partial charge on any atom is 0.262 e. The fraction of sp³-hybridized carbons (Fsp3) is 0.404. The highest BCUT2D eigenvalue weighted by Gasteiger charge is 2.45. The largest absolute Gasteiger partial charge is 0.508 e. The van der Waals surface area contributed by atoms with Crippen molar-refractivity contribution in [3.05, 3.63) is 101 Å². The summed E-state index contributed by atoms with van der Waals surface area (Å²) in [5.41, 5.74) is 0.849. The number of carbonyl (C=O) groups is 5. The number of nitrogens with one attached hydrogen (secondary N) is 1. The van der Waals surface area contributed by atoms with Crippen molar-refractivity contribution in [2.45, 2.75) is 43.7 Å². The number of piperidine rings is 2. The molecule has 3 saturated heterocycles. The number of fused-ring (bicyclic) bond motifs is 3. The van der Waals surface area contributed by atoms with Crippen LogP contribution in [0.5, 0.6) is 11.5 Å². The number of anilines is 1. The lowest BCUT2D eigenvalue weighted by Gasteiger charge is -2.36. The summed E-state index contributed by atoms with van der Waals surface area (Å²) in [5, 5.41) is 25.6. The summed E-state index contributed by atoms with van der Waals surface area (Å²) in [7, 11) is 0. The lowest BCUT2D eigenvalue weighted by atomic mass is 9.96. The molecule has 5 amide bonds. The molecule has 1 aromatic heterocycles. The van der Waals surface area contributed by atoms with E-state index in [2.05, 4.69) is 16.8 Å². The number of aliphatic hydroxyl groups excluding tert-OH is 1. The number of hydrogen-bond donors (Lipinski definition) is 3. The van der Waals surface area contributed by atoms with E-state index in [0.717, 1.165) is 17.7 Å². The van der Waals surface area contributed by atoms with Gasteiger partial charge in [-0.2, -0.15) is 0 Å². The molecule has 4 aliphatic rings. The summed E-state index contributed by atoms with van der Waals surface area (Å²) >= 11 is 6.93. The van der Waals surface area contributed by atoms with Crippen LogP contribution in [0, 0.1) is 5.82 Å². The molecule has 4 aromatic carbocycles. The number of aromatic nitrogens is 2. The molecule has 20 heteroatoms. The Morgan fingerprint density at radius 2 is 1.57 bits per heavy atom. The summed E-state index contributed by atoms with van der Waals surface area (Å²) in [5.74, 6) is -2.64. The van der Waals surface area contributed by atoms with Gasteiger partial charge in [0.2, 0.25) is 17.7 Å². The molecule has 5 heterocycles. The van der Waals surface area contributed by atoms with Crippen molar-refractivity contribution in [1.82, 2.24) is 30.0 Å². The number of carbonyl (C=O) groups excluding carboxylic acids is 5. The van der Waals surface area contributed by atoms with Gasteiger partial charge >= 0.3 is 0 Å². The monoisotopic (exact) mass is 1010 g/mol. The molecule has 0 radical (unpaired) electrons. The normalized spacial score (nSPS) is 18.3. The van der Waals surface area contributed by atoms with Crippen LogP contribution in [0.3, 0.4) is 0 Å². The number of halogens is 2. The standard InChI is InChI=1S/C52H55ClFN7O11/c1-2-44(65)59-15-17-60(18-16-59)49-40-28-41(53)45(38-26-33(63)25-31-5-3-4-6-36(31)38)46(54)47(40)56-48(57-49)32(30-62)29-58-13-11-34(12-14-58)71-23-21-69-19-20-70-22-24-72-35-7-8-37-39(27-35)52(68)61(51(37)67)42-9-10-43(64)55-50(42)66/h2-8,25-28,32,34,42,62-63H,1,9-24,29-30H2,(H,55,64,66)/t32-,42?/m0/s1. The molecule has 2 atom stereocenters. The molecule has 18 nitrogen and oxygen atoms in total. The molecule has 3 fully saturated rings. The number of phenols is 1. The number of likely N-dealkylation sites (tertiary alicyclic amines) is 1.